The van der Waals surface area contributed by atoms with Gasteiger partial charge in [-0.05, 0) is 44.3 Å². The first kappa shape index (κ1) is 19.2. The number of carboxylic acid groups (broad SMARTS) is 1. The zero-order valence-corrected chi connectivity index (χ0v) is 16.0. The summed E-state index contributed by atoms with van der Waals surface area (Å²) < 4.78 is 11.3. The van der Waals surface area contributed by atoms with Crippen LogP contribution in [0.1, 0.15) is 25.5 Å². The zero-order chi connectivity index (χ0) is 18.6. The molecule has 0 amide bonds. The van der Waals surface area contributed by atoms with Crippen LogP contribution < -0.4 is 15.4 Å². The van der Waals surface area contributed by atoms with Crippen molar-refractivity contribution < 1.29 is 24.2 Å². The average Bonchev–Trinajstić information content (AvgIpc) is 2.52. The van der Waals surface area contributed by atoms with Crippen LogP contribution in [0.5, 0.6) is 5.75 Å². The van der Waals surface area contributed by atoms with Crippen LogP contribution in [-0.4, -0.2) is 35.4 Å². The number of esters is 1. The highest BCUT2D eigenvalue weighted by atomic mass is 79.9. The van der Waals surface area contributed by atoms with E-state index in [1.54, 1.807) is 32.0 Å². The second-order valence-corrected chi connectivity index (χ2v) is 6.48. The summed E-state index contributed by atoms with van der Waals surface area (Å²) >= 11 is 8.57. The lowest BCUT2D eigenvalue weighted by Gasteiger charge is -2.30. The van der Waals surface area contributed by atoms with E-state index in [0.717, 1.165) is 4.47 Å². The Morgan fingerprint density at radius 3 is 2.76 bits per heavy atom. The number of allylic oxidation sites excluding steroid dienone is 1. The van der Waals surface area contributed by atoms with Gasteiger partial charge in [0.25, 0.3) is 0 Å². The van der Waals surface area contributed by atoms with Gasteiger partial charge < -0.3 is 25.2 Å². The van der Waals surface area contributed by atoms with Crippen LogP contribution in [-0.2, 0) is 14.3 Å². The van der Waals surface area contributed by atoms with Crippen molar-refractivity contribution in [1.29, 1.82) is 0 Å². The Morgan fingerprint density at radius 1 is 1.40 bits per heavy atom. The normalized spacial score (nSPS) is 16.8. The summed E-state index contributed by atoms with van der Waals surface area (Å²) in [6, 6.07) is 4.47. The molecule has 0 saturated carbocycles. The Bertz CT molecular complexity index is 750. The molecule has 1 atom stereocenters. The second kappa shape index (κ2) is 8.30. The third-order valence-electron chi connectivity index (χ3n) is 3.40. The predicted octanol–water partition coefficient (Wildman–Crippen LogP) is 2.27. The number of carbonyl (C=O) groups is 2. The number of aliphatic carboxylic acids is 1. The standard InChI is InChI=1S/C16H17BrN2O5S/c1-3-23-15(22)13-8(2)18-16(25)19-14(13)10-6-9(17)4-5-11(10)24-7-12(20)21/h4-6,14H,3,7H2,1-2H3,(H,20,21)(H2,18,19,25)/t14-/m1/s1. The van der Waals surface area contributed by atoms with Gasteiger partial charge >= 0.3 is 11.9 Å². The number of thiocarbonyl (C=S) groups is 1. The monoisotopic (exact) mass is 428 g/mol. The molecule has 3 N–H and O–H groups in total. The number of hydrogen-bond donors (Lipinski definition) is 3. The molecule has 0 spiro atoms. The van der Waals surface area contributed by atoms with Crippen molar-refractivity contribution in [1.82, 2.24) is 10.6 Å². The molecule has 1 aromatic carbocycles. The molecule has 1 aliphatic heterocycles. The van der Waals surface area contributed by atoms with Crippen molar-refractivity contribution in [3.63, 3.8) is 0 Å². The van der Waals surface area contributed by atoms with Crippen LogP contribution in [0.4, 0.5) is 0 Å². The Morgan fingerprint density at radius 2 is 2.12 bits per heavy atom. The first-order valence-corrected chi connectivity index (χ1v) is 8.63. The molecule has 9 heteroatoms. The van der Waals surface area contributed by atoms with Crippen molar-refractivity contribution >= 4 is 45.2 Å². The van der Waals surface area contributed by atoms with Crippen molar-refractivity contribution in [2.45, 2.75) is 19.9 Å². The van der Waals surface area contributed by atoms with E-state index in [0.29, 0.717) is 27.7 Å². The maximum atomic E-state index is 12.4. The zero-order valence-electron chi connectivity index (χ0n) is 13.6. The van der Waals surface area contributed by atoms with E-state index in [4.69, 9.17) is 26.8 Å². The van der Waals surface area contributed by atoms with E-state index in [-0.39, 0.29) is 6.61 Å². The third-order valence-corrected chi connectivity index (χ3v) is 4.11. The number of hydrogen-bond acceptors (Lipinski definition) is 5. The number of nitrogens with one attached hydrogen (secondary N) is 2. The number of ether oxygens (including phenoxy) is 2. The van der Waals surface area contributed by atoms with Crippen LogP contribution >= 0.6 is 28.1 Å². The van der Waals surface area contributed by atoms with Gasteiger partial charge in [-0.15, -0.1) is 0 Å². The summed E-state index contributed by atoms with van der Waals surface area (Å²) in [4.78, 5) is 23.2. The highest BCUT2D eigenvalue weighted by molar-refractivity contribution is 9.10. The maximum Gasteiger partial charge on any atom is 0.341 e. The van der Waals surface area contributed by atoms with Crippen molar-refractivity contribution in [3.05, 3.63) is 39.5 Å². The molecule has 25 heavy (non-hydrogen) atoms. The fraction of sp³-hybridized carbons (Fsp3) is 0.312. The van der Waals surface area contributed by atoms with E-state index in [2.05, 4.69) is 26.6 Å². The van der Waals surface area contributed by atoms with Gasteiger partial charge in [-0.3, -0.25) is 0 Å². The molecule has 0 aliphatic carbocycles. The van der Waals surface area contributed by atoms with E-state index < -0.39 is 24.6 Å². The minimum Gasteiger partial charge on any atom is -0.482 e. The van der Waals surface area contributed by atoms with Gasteiger partial charge in [-0.1, -0.05) is 15.9 Å². The lowest BCUT2D eigenvalue weighted by molar-refractivity contribution is -0.140. The summed E-state index contributed by atoms with van der Waals surface area (Å²) in [6.07, 6.45) is 0. The Labute approximate surface area is 158 Å². The van der Waals surface area contributed by atoms with Crippen LogP contribution in [0.2, 0.25) is 0 Å². The molecule has 0 bridgehead atoms. The third kappa shape index (κ3) is 4.70. The summed E-state index contributed by atoms with van der Waals surface area (Å²) in [5, 5.41) is 15.1. The first-order chi connectivity index (χ1) is 11.8. The van der Waals surface area contributed by atoms with Gasteiger partial charge in [0.05, 0.1) is 18.2 Å². The molecule has 0 saturated heterocycles. The number of carboxylic acids is 1. The predicted molar refractivity (Wildman–Crippen MR) is 98.2 cm³/mol. The van der Waals surface area contributed by atoms with Crippen LogP contribution in [0.25, 0.3) is 0 Å². The Balaban J connectivity index is 2.50. The minimum atomic E-state index is -1.10. The molecule has 0 unspecified atom stereocenters. The smallest absolute Gasteiger partial charge is 0.341 e. The molecule has 1 heterocycles. The first-order valence-electron chi connectivity index (χ1n) is 7.43. The fourth-order valence-electron chi connectivity index (χ4n) is 2.42. The van der Waals surface area contributed by atoms with Crippen LogP contribution in [0.3, 0.4) is 0 Å². The summed E-state index contributed by atoms with van der Waals surface area (Å²) in [7, 11) is 0. The van der Waals surface area contributed by atoms with E-state index in [1.807, 2.05) is 0 Å². The SMILES string of the molecule is CCOC(=O)C1=C(C)NC(=S)N[C@@H]1c1cc(Br)ccc1OCC(=O)O. The van der Waals surface area contributed by atoms with Crippen LogP contribution in [0, 0.1) is 0 Å². The van der Waals surface area contributed by atoms with Gasteiger partial charge in [-0.2, -0.15) is 0 Å². The van der Waals surface area contributed by atoms with Crippen molar-refractivity contribution in [3.8, 4) is 5.75 Å². The fourth-order valence-corrected chi connectivity index (χ4v) is 3.07. The maximum absolute atomic E-state index is 12.4. The number of carbonyl (C=O) groups excluding carboxylic acids is 1. The second-order valence-electron chi connectivity index (χ2n) is 5.16. The van der Waals surface area contributed by atoms with E-state index in [9.17, 15) is 9.59 Å². The quantitative estimate of drug-likeness (QED) is 0.468. The Hall–Kier alpha value is -2.13. The van der Waals surface area contributed by atoms with Gasteiger partial charge in [0.2, 0.25) is 0 Å². The molecule has 0 fully saturated rings. The van der Waals surface area contributed by atoms with Crippen molar-refractivity contribution in [2.75, 3.05) is 13.2 Å². The number of benzene rings is 1. The topological polar surface area (TPSA) is 96.9 Å². The van der Waals surface area contributed by atoms with Gasteiger partial charge in [0.1, 0.15) is 5.75 Å². The average molecular weight is 429 g/mol. The molecule has 2 rings (SSSR count). The summed E-state index contributed by atoms with van der Waals surface area (Å²) in [5.74, 6) is -1.25. The lowest BCUT2D eigenvalue weighted by atomic mass is 9.95. The molecule has 1 aromatic rings. The van der Waals surface area contributed by atoms with Gasteiger partial charge in [-0.25, -0.2) is 9.59 Å². The molecule has 0 radical (unpaired) electrons. The molecule has 134 valence electrons. The highest BCUT2D eigenvalue weighted by Gasteiger charge is 2.33. The molecular weight excluding hydrogens is 412 g/mol. The number of rotatable bonds is 6. The molecule has 7 nitrogen and oxygen atoms in total. The van der Waals surface area contributed by atoms with Crippen molar-refractivity contribution in [2.24, 2.45) is 0 Å². The summed E-state index contributed by atoms with van der Waals surface area (Å²) in [5.41, 5.74) is 1.49. The van der Waals surface area contributed by atoms with E-state index in [1.165, 1.54) is 0 Å². The largest absolute Gasteiger partial charge is 0.482 e. The molecule has 1 aliphatic rings. The van der Waals surface area contributed by atoms with E-state index >= 15 is 0 Å². The highest BCUT2D eigenvalue weighted by Crippen LogP contribution is 2.35. The number of halogens is 1. The van der Waals surface area contributed by atoms with Gasteiger partial charge in [0, 0.05) is 15.7 Å². The Kier molecular flexibility index (Phi) is 6.38. The minimum absolute atomic E-state index is 0.230. The molecule has 0 aromatic heterocycles. The van der Waals surface area contributed by atoms with Crippen LogP contribution in [0.15, 0.2) is 33.9 Å². The molecular formula is C16H17BrN2O5S. The summed E-state index contributed by atoms with van der Waals surface area (Å²) in [6.45, 7) is 3.18. The lowest BCUT2D eigenvalue weighted by Crippen LogP contribution is -2.45. The van der Waals surface area contributed by atoms with Gasteiger partial charge in [0.15, 0.2) is 11.7 Å².